The topological polar surface area (TPSA) is 58.4 Å². The lowest BCUT2D eigenvalue weighted by molar-refractivity contribution is -0.123. The SMILES string of the molecule is CCC(N)C(=O)NC1CC2CCCC(C1)N2C. The highest BCUT2D eigenvalue weighted by atomic mass is 16.2. The summed E-state index contributed by atoms with van der Waals surface area (Å²) >= 11 is 0. The van der Waals surface area contributed by atoms with Gasteiger partial charge in [0.15, 0.2) is 0 Å². The fourth-order valence-corrected chi connectivity index (χ4v) is 3.23. The Kier molecular flexibility index (Phi) is 4.05. The van der Waals surface area contributed by atoms with Gasteiger partial charge in [0.25, 0.3) is 0 Å². The van der Waals surface area contributed by atoms with Gasteiger partial charge in [-0.25, -0.2) is 0 Å². The lowest BCUT2D eigenvalue weighted by atomic mass is 9.82. The maximum atomic E-state index is 11.8. The van der Waals surface area contributed by atoms with Crippen LogP contribution in [0.15, 0.2) is 0 Å². The number of hydrogen-bond acceptors (Lipinski definition) is 3. The van der Waals surface area contributed by atoms with Crippen molar-refractivity contribution in [2.75, 3.05) is 7.05 Å². The molecule has 2 aliphatic rings. The molecule has 4 heteroatoms. The number of nitrogens with two attached hydrogens (primary N) is 1. The second kappa shape index (κ2) is 5.36. The first-order chi connectivity index (χ1) is 8.11. The average molecular weight is 239 g/mol. The Labute approximate surface area is 104 Å². The Balaban J connectivity index is 1.89. The van der Waals surface area contributed by atoms with E-state index < -0.39 is 0 Å². The largest absolute Gasteiger partial charge is 0.352 e. The van der Waals surface area contributed by atoms with E-state index in [-0.39, 0.29) is 11.9 Å². The van der Waals surface area contributed by atoms with Crippen LogP contribution in [0.5, 0.6) is 0 Å². The van der Waals surface area contributed by atoms with E-state index in [1.165, 1.54) is 19.3 Å². The van der Waals surface area contributed by atoms with Gasteiger partial charge in [0.05, 0.1) is 6.04 Å². The summed E-state index contributed by atoms with van der Waals surface area (Å²) in [6.07, 6.45) is 6.79. The van der Waals surface area contributed by atoms with Crippen LogP contribution in [0.3, 0.4) is 0 Å². The lowest BCUT2D eigenvalue weighted by Gasteiger charge is -2.47. The van der Waals surface area contributed by atoms with Crippen LogP contribution in [0.2, 0.25) is 0 Å². The summed E-state index contributed by atoms with van der Waals surface area (Å²) in [4.78, 5) is 14.3. The van der Waals surface area contributed by atoms with Crippen molar-refractivity contribution in [3.63, 3.8) is 0 Å². The average Bonchev–Trinajstić information content (AvgIpc) is 2.29. The molecule has 0 aromatic carbocycles. The highest BCUT2D eigenvalue weighted by Crippen LogP contribution is 2.32. The summed E-state index contributed by atoms with van der Waals surface area (Å²) in [7, 11) is 2.23. The summed E-state index contributed by atoms with van der Waals surface area (Å²) in [5.74, 6) is 0.0279. The molecule has 0 spiro atoms. The van der Waals surface area contributed by atoms with Gasteiger partial charge in [-0.1, -0.05) is 13.3 Å². The van der Waals surface area contributed by atoms with Crippen molar-refractivity contribution in [3.05, 3.63) is 0 Å². The van der Waals surface area contributed by atoms with E-state index in [9.17, 15) is 4.79 Å². The van der Waals surface area contributed by atoms with E-state index in [1.807, 2.05) is 6.92 Å². The summed E-state index contributed by atoms with van der Waals surface area (Å²) in [6, 6.07) is 1.32. The Morgan fingerprint density at radius 2 is 2.00 bits per heavy atom. The minimum Gasteiger partial charge on any atom is -0.352 e. The predicted octanol–water partition coefficient (Wildman–Crippen LogP) is 0.855. The zero-order valence-corrected chi connectivity index (χ0v) is 11.0. The molecule has 0 radical (unpaired) electrons. The van der Waals surface area contributed by atoms with Gasteiger partial charge >= 0.3 is 0 Å². The van der Waals surface area contributed by atoms with Gasteiger partial charge in [0.2, 0.25) is 5.91 Å². The Hall–Kier alpha value is -0.610. The third kappa shape index (κ3) is 2.80. The van der Waals surface area contributed by atoms with Crippen molar-refractivity contribution >= 4 is 5.91 Å². The number of carbonyl (C=O) groups excluding carboxylic acids is 1. The Bertz CT molecular complexity index is 268. The minimum atomic E-state index is -0.338. The van der Waals surface area contributed by atoms with E-state index in [2.05, 4.69) is 17.3 Å². The van der Waals surface area contributed by atoms with Crippen molar-refractivity contribution in [1.82, 2.24) is 10.2 Å². The molecule has 3 unspecified atom stereocenters. The van der Waals surface area contributed by atoms with Gasteiger partial charge < -0.3 is 16.0 Å². The molecule has 2 aliphatic heterocycles. The molecule has 0 aromatic heterocycles. The number of hydrogen-bond donors (Lipinski definition) is 2. The predicted molar refractivity (Wildman–Crippen MR) is 68.6 cm³/mol. The molecule has 1 amide bonds. The van der Waals surface area contributed by atoms with Gasteiger partial charge in [-0.2, -0.15) is 0 Å². The second-order valence-electron chi connectivity index (χ2n) is 5.60. The first-order valence-corrected chi connectivity index (χ1v) is 6.89. The van der Waals surface area contributed by atoms with Crippen molar-refractivity contribution in [1.29, 1.82) is 0 Å². The molecule has 2 fully saturated rings. The van der Waals surface area contributed by atoms with Crippen LogP contribution in [0, 0.1) is 0 Å². The number of carbonyl (C=O) groups is 1. The standard InChI is InChI=1S/C13H25N3O/c1-3-12(14)13(17)15-9-7-10-5-4-6-11(8-9)16(10)2/h9-12H,3-8,14H2,1-2H3,(H,15,17). The van der Waals surface area contributed by atoms with Crippen LogP contribution in [0.1, 0.15) is 45.4 Å². The summed E-state index contributed by atoms with van der Waals surface area (Å²) in [5, 5.41) is 3.13. The highest BCUT2D eigenvalue weighted by Gasteiger charge is 2.36. The first kappa shape index (κ1) is 12.8. The zero-order chi connectivity index (χ0) is 12.4. The molecule has 3 atom stereocenters. The zero-order valence-electron chi connectivity index (χ0n) is 11.0. The molecule has 4 nitrogen and oxygen atoms in total. The number of piperidine rings is 2. The molecule has 3 N–H and O–H groups in total. The third-order valence-corrected chi connectivity index (χ3v) is 4.46. The molecule has 2 bridgehead atoms. The number of amides is 1. The number of nitrogens with zero attached hydrogens (tertiary/aromatic N) is 1. The molecular formula is C13H25N3O. The molecule has 98 valence electrons. The monoisotopic (exact) mass is 239 g/mol. The van der Waals surface area contributed by atoms with E-state index >= 15 is 0 Å². The summed E-state index contributed by atoms with van der Waals surface area (Å²) in [6.45, 7) is 1.95. The summed E-state index contributed by atoms with van der Waals surface area (Å²) < 4.78 is 0. The quantitative estimate of drug-likeness (QED) is 0.768. The second-order valence-corrected chi connectivity index (χ2v) is 5.60. The fraction of sp³-hybridized carbons (Fsp3) is 0.923. The first-order valence-electron chi connectivity index (χ1n) is 6.89. The molecular weight excluding hydrogens is 214 g/mol. The van der Waals surface area contributed by atoms with E-state index in [0.717, 1.165) is 12.8 Å². The molecule has 2 heterocycles. The number of nitrogens with one attached hydrogen (secondary N) is 1. The molecule has 0 aromatic rings. The Morgan fingerprint density at radius 3 is 2.53 bits per heavy atom. The lowest BCUT2D eigenvalue weighted by Crippen LogP contribution is -2.56. The number of fused-ring (bicyclic) bond motifs is 2. The number of rotatable bonds is 3. The minimum absolute atomic E-state index is 0.0279. The van der Waals surface area contributed by atoms with E-state index in [1.54, 1.807) is 0 Å². The van der Waals surface area contributed by atoms with Crippen molar-refractivity contribution in [2.45, 2.75) is 69.6 Å². The molecule has 2 saturated heterocycles. The van der Waals surface area contributed by atoms with E-state index in [0.29, 0.717) is 24.5 Å². The normalized spacial score (nSPS) is 35.4. The fourth-order valence-electron chi connectivity index (χ4n) is 3.23. The molecule has 2 rings (SSSR count). The van der Waals surface area contributed by atoms with Crippen molar-refractivity contribution in [2.24, 2.45) is 5.73 Å². The van der Waals surface area contributed by atoms with Crippen LogP contribution in [-0.4, -0.2) is 42.0 Å². The summed E-state index contributed by atoms with van der Waals surface area (Å²) in [5.41, 5.74) is 5.75. The van der Waals surface area contributed by atoms with E-state index in [4.69, 9.17) is 5.73 Å². The maximum Gasteiger partial charge on any atom is 0.237 e. The van der Waals surface area contributed by atoms with Gasteiger partial charge in [-0.15, -0.1) is 0 Å². The van der Waals surface area contributed by atoms with Crippen LogP contribution < -0.4 is 11.1 Å². The Morgan fingerprint density at radius 1 is 1.41 bits per heavy atom. The van der Waals surface area contributed by atoms with Crippen molar-refractivity contribution < 1.29 is 4.79 Å². The van der Waals surface area contributed by atoms with Gasteiger partial charge in [-0.3, -0.25) is 4.79 Å². The van der Waals surface area contributed by atoms with Crippen LogP contribution in [0.4, 0.5) is 0 Å². The van der Waals surface area contributed by atoms with Gasteiger partial charge in [0.1, 0.15) is 0 Å². The van der Waals surface area contributed by atoms with Crippen LogP contribution >= 0.6 is 0 Å². The smallest absolute Gasteiger partial charge is 0.237 e. The van der Waals surface area contributed by atoms with Gasteiger partial charge in [-0.05, 0) is 39.2 Å². The third-order valence-electron chi connectivity index (χ3n) is 4.46. The molecule has 0 saturated carbocycles. The van der Waals surface area contributed by atoms with Crippen LogP contribution in [0.25, 0.3) is 0 Å². The van der Waals surface area contributed by atoms with Crippen molar-refractivity contribution in [3.8, 4) is 0 Å². The van der Waals surface area contributed by atoms with Gasteiger partial charge in [0, 0.05) is 18.1 Å². The maximum absolute atomic E-state index is 11.8. The van der Waals surface area contributed by atoms with Crippen LogP contribution in [-0.2, 0) is 4.79 Å². The molecule has 0 aliphatic carbocycles. The highest BCUT2D eigenvalue weighted by molar-refractivity contribution is 5.81. The molecule has 17 heavy (non-hydrogen) atoms.